The summed E-state index contributed by atoms with van der Waals surface area (Å²) in [4.78, 5) is 0. The van der Waals surface area contributed by atoms with Crippen molar-refractivity contribution in [2.75, 3.05) is 13.2 Å². The van der Waals surface area contributed by atoms with Crippen LogP contribution in [0.15, 0.2) is 0 Å². The number of ether oxygens (including phenoxy) is 1. The highest BCUT2D eigenvalue weighted by molar-refractivity contribution is 5.16. The molecule has 0 aromatic carbocycles. The smallest absolute Gasteiger partial charge is 0.171 e. The average molecular weight is 154 g/mol. The lowest BCUT2D eigenvalue weighted by atomic mass is 10.0. The van der Waals surface area contributed by atoms with Crippen LogP contribution in [-0.4, -0.2) is 23.9 Å². The van der Waals surface area contributed by atoms with Gasteiger partial charge in [0.1, 0.15) is 0 Å². The zero-order valence-corrected chi connectivity index (χ0v) is 6.89. The highest BCUT2D eigenvalue weighted by Crippen LogP contribution is 2.14. The van der Waals surface area contributed by atoms with E-state index < -0.39 is 5.60 Å². The maximum absolute atomic E-state index is 9.41. The van der Waals surface area contributed by atoms with Crippen LogP contribution in [0.1, 0.15) is 26.2 Å². The highest BCUT2D eigenvalue weighted by atomic mass is 16.5. The number of rotatable bonds is 2. The van der Waals surface area contributed by atoms with Crippen molar-refractivity contribution in [2.24, 2.45) is 0 Å². The van der Waals surface area contributed by atoms with E-state index in [0.29, 0.717) is 13.2 Å². The van der Waals surface area contributed by atoms with E-state index in [2.05, 4.69) is 18.8 Å². The Morgan fingerprint density at radius 2 is 2.27 bits per heavy atom. The van der Waals surface area contributed by atoms with Crippen molar-refractivity contribution in [1.82, 2.24) is 0 Å². The summed E-state index contributed by atoms with van der Waals surface area (Å²) in [5, 5.41) is 9.41. The van der Waals surface area contributed by atoms with E-state index in [1.54, 1.807) is 0 Å². The molecule has 0 aliphatic carbocycles. The average Bonchev–Trinajstić information content (AvgIpc) is 1.95. The summed E-state index contributed by atoms with van der Waals surface area (Å²) < 4.78 is 4.84. The molecule has 2 heteroatoms. The standard InChI is InChI=1S/C9H14O2/c1-2-3-4-5-6-9(10)7-11-8-9/h10H,2-4,7-8H2,1H3. The quantitative estimate of drug-likeness (QED) is 0.474. The summed E-state index contributed by atoms with van der Waals surface area (Å²) in [6.07, 6.45) is 3.16. The van der Waals surface area contributed by atoms with Crippen molar-refractivity contribution in [3.05, 3.63) is 0 Å². The molecule has 62 valence electrons. The molecule has 1 N–H and O–H groups in total. The van der Waals surface area contributed by atoms with Gasteiger partial charge < -0.3 is 9.84 Å². The minimum atomic E-state index is -0.812. The second-order valence-electron chi connectivity index (χ2n) is 2.93. The molecule has 1 rings (SSSR count). The topological polar surface area (TPSA) is 29.5 Å². The van der Waals surface area contributed by atoms with Gasteiger partial charge in [0.25, 0.3) is 0 Å². The van der Waals surface area contributed by atoms with Crippen molar-refractivity contribution < 1.29 is 9.84 Å². The van der Waals surface area contributed by atoms with Crippen molar-refractivity contribution in [1.29, 1.82) is 0 Å². The normalized spacial score (nSPS) is 19.8. The van der Waals surface area contributed by atoms with Gasteiger partial charge in [0.15, 0.2) is 5.60 Å². The van der Waals surface area contributed by atoms with E-state index in [-0.39, 0.29) is 0 Å². The highest BCUT2D eigenvalue weighted by Gasteiger charge is 2.33. The van der Waals surface area contributed by atoms with E-state index >= 15 is 0 Å². The fourth-order valence-electron chi connectivity index (χ4n) is 0.860. The maximum atomic E-state index is 9.41. The first kappa shape index (κ1) is 8.58. The zero-order chi connectivity index (χ0) is 8.16. The molecule has 0 aromatic rings. The van der Waals surface area contributed by atoms with Crippen LogP contribution < -0.4 is 0 Å². The van der Waals surface area contributed by atoms with E-state index in [0.717, 1.165) is 19.3 Å². The van der Waals surface area contributed by atoms with Crippen LogP contribution in [0.5, 0.6) is 0 Å². The molecule has 0 amide bonds. The molecule has 1 aliphatic rings. The molecular formula is C9H14O2. The van der Waals surface area contributed by atoms with Gasteiger partial charge in [-0.2, -0.15) is 0 Å². The monoisotopic (exact) mass is 154 g/mol. The third-order valence-electron chi connectivity index (χ3n) is 1.66. The van der Waals surface area contributed by atoms with Crippen LogP contribution in [0.3, 0.4) is 0 Å². The van der Waals surface area contributed by atoms with E-state index in [1.165, 1.54) is 0 Å². The first-order chi connectivity index (χ1) is 5.27. The summed E-state index contributed by atoms with van der Waals surface area (Å²) in [5.41, 5.74) is -0.812. The molecule has 0 spiro atoms. The predicted molar refractivity (Wildman–Crippen MR) is 43.1 cm³/mol. The summed E-state index contributed by atoms with van der Waals surface area (Å²) in [6.45, 7) is 2.89. The number of hydrogen-bond acceptors (Lipinski definition) is 2. The van der Waals surface area contributed by atoms with Crippen LogP contribution in [0, 0.1) is 11.8 Å². The van der Waals surface area contributed by atoms with Gasteiger partial charge in [0.05, 0.1) is 13.2 Å². The molecule has 0 saturated carbocycles. The largest absolute Gasteiger partial charge is 0.373 e. The Morgan fingerprint density at radius 1 is 1.55 bits per heavy atom. The summed E-state index contributed by atoms with van der Waals surface area (Å²) in [5.74, 6) is 5.76. The summed E-state index contributed by atoms with van der Waals surface area (Å²) in [6, 6.07) is 0. The van der Waals surface area contributed by atoms with Crippen LogP contribution >= 0.6 is 0 Å². The molecule has 0 unspecified atom stereocenters. The van der Waals surface area contributed by atoms with E-state index in [9.17, 15) is 5.11 Å². The molecule has 0 radical (unpaired) electrons. The van der Waals surface area contributed by atoms with Gasteiger partial charge in [0, 0.05) is 6.42 Å². The van der Waals surface area contributed by atoms with Crippen LogP contribution in [-0.2, 0) is 4.74 Å². The Balaban J connectivity index is 2.20. The van der Waals surface area contributed by atoms with Gasteiger partial charge in [-0.3, -0.25) is 0 Å². The predicted octanol–water partition coefficient (Wildman–Crippen LogP) is 0.941. The second kappa shape index (κ2) is 3.75. The van der Waals surface area contributed by atoms with Crippen molar-refractivity contribution in [2.45, 2.75) is 31.8 Å². The van der Waals surface area contributed by atoms with Gasteiger partial charge in [-0.05, 0) is 6.42 Å². The second-order valence-corrected chi connectivity index (χ2v) is 2.93. The molecule has 0 atom stereocenters. The number of unbranched alkanes of at least 4 members (excludes halogenated alkanes) is 2. The fourth-order valence-corrected chi connectivity index (χ4v) is 0.860. The van der Waals surface area contributed by atoms with Gasteiger partial charge in [-0.25, -0.2) is 0 Å². The molecule has 1 heterocycles. The Kier molecular flexibility index (Phi) is 2.92. The third kappa shape index (κ3) is 2.53. The van der Waals surface area contributed by atoms with E-state index in [4.69, 9.17) is 4.74 Å². The lowest BCUT2D eigenvalue weighted by Gasteiger charge is -2.30. The lowest BCUT2D eigenvalue weighted by Crippen LogP contribution is -2.48. The summed E-state index contributed by atoms with van der Waals surface area (Å²) in [7, 11) is 0. The van der Waals surface area contributed by atoms with Crippen LogP contribution in [0.2, 0.25) is 0 Å². The first-order valence-electron chi connectivity index (χ1n) is 4.07. The van der Waals surface area contributed by atoms with Gasteiger partial charge >= 0.3 is 0 Å². The van der Waals surface area contributed by atoms with Gasteiger partial charge in [-0.1, -0.05) is 19.3 Å². The van der Waals surface area contributed by atoms with Crippen LogP contribution in [0.4, 0.5) is 0 Å². The lowest BCUT2D eigenvalue weighted by molar-refractivity contribution is -0.140. The van der Waals surface area contributed by atoms with Crippen molar-refractivity contribution in [3.8, 4) is 11.8 Å². The number of aliphatic hydroxyl groups is 1. The van der Waals surface area contributed by atoms with Gasteiger partial charge in [0.2, 0.25) is 0 Å². The maximum Gasteiger partial charge on any atom is 0.171 e. The molecule has 1 aliphatic heterocycles. The molecule has 0 bridgehead atoms. The zero-order valence-electron chi connectivity index (χ0n) is 6.89. The van der Waals surface area contributed by atoms with E-state index in [1.807, 2.05) is 0 Å². The Morgan fingerprint density at radius 3 is 2.73 bits per heavy atom. The number of hydrogen-bond donors (Lipinski definition) is 1. The molecule has 11 heavy (non-hydrogen) atoms. The molecule has 0 aromatic heterocycles. The fraction of sp³-hybridized carbons (Fsp3) is 0.778. The van der Waals surface area contributed by atoms with Gasteiger partial charge in [-0.15, -0.1) is 5.92 Å². The molecule has 1 fully saturated rings. The molecular weight excluding hydrogens is 140 g/mol. The Bertz CT molecular complexity index is 172. The summed E-state index contributed by atoms with van der Waals surface area (Å²) >= 11 is 0. The molecule has 1 saturated heterocycles. The first-order valence-corrected chi connectivity index (χ1v) is 4.07. The third-order valence-corrected chi connectivity index (χ3v) is 1.66. The Hall–Kier alpha value is -0.520. The SMILES string of the molecule is CCCCC#CC1(O)COC1. The minimum Gasteiger partial charge on any atom is -0.373 e. The Labute approximate surface area is 67.6 Å². The van der Waals surface area contributed by atoms with Crippen molar-refractivity contribution in [3.63, 3.8) is 0 Å². The van der Waals surface area contributed by atoms with Crippen LogP contribution in [0.25, 0.3) is 0 Å². The minimum absolute atomic E-state index is 0.381. The van der Waals surface area contributed by atoms with Crippen molar-refractivity contribution >= 4 is 0 Å². The molecule has 2 nitrogen and oxygen atoms in total.